The molecule has 4 nitrogen and oxygen atoms in total. The molecule has 3 rings (SSSR count). The molecule has 2 N–H and O–H groups in total. The summed E-state index contributed by atoms with van der Waals surface area (Å²) in [5.41, 5.74) is 9.71. The third kappa shape index (κ3) is 2.33. The number of benzene rings is 2. The van der Waals surface area contributed by atoms with Gasteiger partial charge in [-0.3, -0.25) is 4.79 Å². The van der Waals surface area contributed by atoms with Crippen molar-refractivity contribution in [2.45, 2.75) is 13.8 Å². The van der Waals surface area contributed by atoms with Gasteiger partial charge in [-0.05, 0) is 49.2 Å². The maximum absolute atomic E-state index is 12.4. The minimum atomic E-state index is -0.0579. The largest absolute Gasteiger partial charge is 0.495 e. The molecule has 0 radical (unpaired) electrons. The Morgan fingerprint density at radius 2 is 1.86 bits per heavy atom. The van der Waals surface area contributed by atoms with Gasteiger partial charge in [-0.25, -0.2) is 0 Å². The predicted octanol–water partition coefficient (Wildman–Crippen LogP) is 3.67. The highest BCUT2D eigenvalue weighted by molar-refractivity contribution is 5.82. The Morgan fingerprint density at radius 1 is 1.09 bits per heavy atom. The summed E-state index contributed by atoms with van der Waals surface area (Å²) in [6, 6.07) is 10.7. The molecule has 1 aromatic heterocycles. The molecule has 0 aliphatic heterocycles. The Morgan fingerprint density at radius 3 is 2.55 bits per heavy atom. The molecule has 0 aliphatic carbocycles. The molecule has 22 heavy (non-hydrogen) atoms. The second kappa shape index (κ2) is 5.22. The highest BCUT2D eigenvalue weighted by Crippen LogP contribution is 2.30. The number of nitrogens with two attached hydrogens (primary N) is 1. The van der Waals surface area contributed by atoms with E-state index in [0.717, 1.165) is 16.7 Å². The van der Waals surface area contributed by atoms with Crippen molar-refractivity contribution in [1.82, 2.24) is 0 Å². The third-order valence-electron chi connectivity index (χ3n) is 3.67. The lowest BCUT2D eigenvalue weighted by Crippen LogP contribution is -2.02. The number of anilines is 1. The lowest BCUT2D eigenvalue weighted by molar-refractivity contribution is 0.417. The molecule has 0 amide bonds. The second-order valence-electron chi connectivity index (χ2n) is 5.39. The van der Waals surface area contributed by atoms with E-state index in [2.05, 4.69) is 0 Å². The normalized spacial score (nSPS) is 10.9. The fraction of sp³-hybridized carbons (Fsp3) is 0.167. The van der Waals surface area contributed by atoms with E-state index < -0.39 is 0 Å². The monoisotopic (exact) mass is 295 g/mol. The van der Waals surface area contributed by atoms with E-state index in [4.69, 9.17) is 14.9 Å². The average molecular weight is 295 g/mol. The van der Waals surface area contributed by atoms with Gasteiger partial charge in [0.05, 0.1) is 18.2 Å². The van der Waals surface area contributed by atoms with Crippen LogP contribution in [0.3, 0.4) is 0 Å². The van der Waals surface area contributed by atoms with E-state index in [1.165, 1.54) is 6.07 Å². The first-order valence-corrected chi connectivity index (χ1v) is 6.98. The minimum Gasteiger partial charge on any atom is -0.495 e. The molecule has 0 saturated carbocycles. The zero-order valence-corrected chi connectivity index (χ0v) is 12.8. The van der Waals surface area contributed by atoms with Crippen LogP contribution in [0, 0.1) is 13.8 Å². The van der Waals surface area contributed by atoms with E-state index in [-0.39, 0.29) is 5.43 Å². The summed E-state index contributed by atoms with van der Waals surface area (Å²) in [6.45, 7) is 3.90. The topological polar surface area (TPSA) is 65.5 Å². The average Bonchev–Trinajstić information content (AvgIpc) is 2.48. The molecule has 2 aromatic carbocycles. The van der Waals surface area contributed by atoms with Crippen molar-refractivity contribution in [3.8, 4) is 17.1 Å². The van der Waals surface area contributed by atoms with Crippen LogP contribution in [-0.4, -0.2) is 7.11 Å². The van der Waals surface area contributed by atoms with Crippen molar-refractivity contribution in [2.75, 3.05) is 12.8 Å². The smallest absolute Gasteiger partial charge is 0.193 e. The summed E-state index contributed by atoms with van der Waals surface area (Å²) in [4.78, 5) is 12.4. The highest BCUT2D eigenvalue weighted by Gasteiger charge is 2.11. The second-order valence-corrected chi connectivity index (χ2v) is 5.39. The van der Waals surface area contributed by atoms with E-state index >= 15 is 0 Å². The number of nitrogen functional groups attached to an aromatic ring is 1. The van der Waals surface area contributed by atoms with Crippen LogP contribution in [0.4, 0.5) is 5.69 Å². The number of aryl methyl sites for hydroxylation is 2. The van der Waals surface area contributed by atoms with Gasteiger partial charge >= 0.3 is 0 Å². The molecule has 3 aromatic rings. The Labute approximate surface area is 128 Å². The summed E-state index contributed by atoms with van der Waals surface area (Å²) in [5.74, 6) is 1.09. The number of hydrogen-bond acceptors (Lipinski definition) is 4. The number of rotatable bonds is 2. The molecular weight excluding hydrogens is 278 g/mol. The number of hydrogen-bond donors (Lipinski definition) is 1. The van der Waals surface area contributed by atoms with Crippen molar-refractivity contribution >= 4 is 16.7 Å². The van der Waals surface area contributed by atoms with Crippen molar-refractivity contribution < 1.29 is 9.15 Å². The van der Waals surface area contributed by atoms with Crippen molar-refractivity contribution in [3.63, 3.8) is 0 Å². The molecular formula is C18H17NO3. The number of fused-ring (bicyclic) bond motifs is 1. The fourth-order valence-electron chi connectivity index (χ4n) is 2.64. The maximum Gasteiger partial charge on any atom is 0.193 e. The highest BCUT2D eigenvalue weighted by atomic mass is 16.5. The standard InChI is InChI=1S/C18H17NO3/c1-10-6-11(2)18-13(7-10)15(20)9-17(22-18)12-4-5-16(21-3)14(19)8-12/h4-9H,19H2,1-3H3. The molecule has 0 atom stereocenters. The van der Waals surface area contributed by atoms with Gasteiger partial charge in [0.2, 0.25) is 0 Å². The minimum absolute atomic E-state index is 0.0579. The Bertz CT molecular complexity index is 925. The first-order valence-electron chi connectivity index (χ1n) is 6.98. The molecule has 4 heteroatoms. The van der Waals surface area contributed by atoms with Gasteiger partial charge in [0.25, 0.3) is 0 Å². The van der Waals surface area contributed by atoms with E-state index in [0.29, 0.717) is 28.2 Å². The first kappa shape index (κ1) is 14.2. The van der Waals surface area contributed by atoms with Gasteiger partial charge in [-0.2, -0.15) is 0 Å². The van der Waals surface area contributed by atoms with Gasteiger partial charge in [0.1, 0.15) is 17.1 Å². The van der Waals surface area contributed by atoms with Crippen LogP contribution in [-0.2, 0) is 0 Å². The van der Waals surface area contributed by atoms with Crippen molar-refractivity contribution in [2.24, 2.45) is 0 Å². The first-order chi connectivity index (χ1) is 10.5. The Kier molecular flexibility index (Phi) is 3.37. The lowest BCUT2D eigenvalue weighted by atomic mass is 10.1. The SMILES string of the molecule is COc1ccc(-c2cc(=O)c3cc(C)cc(C)c3o2)cc1N. The van der Waals surface area contributed by atoms with Gasteiger partial charge in [-0.1, -0.05) is 6.07 Å². The molecule has 0 bridgehead atoms. The summed E-state index contributed by atoms with van der Waals surface area (Å²) >= 11 is 0. The summed E-state index contributed by atoms with van der Waals surface area (Å²) < 4.78 is 11.1. The lowest BCUT2D eigenvalue weighted by Gasteiger charge is -2.09. The molecule has 112 valence electrons. The van der Waals surface area contributed by atoms with Gasteiger partial charge in [-0.15, -0.1) is 0 Å². The molecule has 0 unspecified atom stereocenters. The van der Waals surface area contributed by atoms with E-state index in [9.17, 15) is 4.79 Å². The van der Waals surface area contributed by atoms with Crippen LogP contribution in [0.15, 0.2) is 45.6 Å². The van der Waals surface area contributed by atoms with Crippen molar-refractivity contribution in [1.29, 1.82) is 0 Å². The van der Waals surface area contributed by atoms with Gasteiger partial charge < -0.3 is 14.9 Å². The van der Waals surface area contributed by atoms with Crippen LogP contribution >= 0.6 is 0 Å². The van der Waals surface area contributed by atoms with Crippen LogP contribution in [0.1, 0.15) is 11.1 Å². The third-order valence-corrected chi connectivity index (χ3v) is 3.67. The zero-order valence-electron chi connectivity index (χ0n) is 12.8. The molecule has 1 heterocycles. The number of methoxy groups -OCH3 is 1. The molecule has 0 fully saturated rings. The summed E-state index contributed by atoms with van der Waals surface area (Å²) in [6.07, 6.45) is 0. The fourth-order valence-corrected chi connectivity index (χ4v) is 2.64. The zero-order chi connectivity index (χ0) is 15.9. The summed E-state index contributed by atoms with van der Waals surface area (Å²) in [7, 11) is 1.56. The van der Waals surface area contributed by atoms with Gasteiger partial charge in [0, 0.05) is 11.6 Å². The maximum atomic E-state index is 12.4. The van der Waals surface area contributed by atoms with Crippen LogP contribution in [0.5, 0.6) is 5.75 Å². The van der Waals surface area contributed by atoms with Gasteiger partial charge in [0.15, 0.2) is 5.43 Å². The summed E-state index contributed by atoms with van der Waals surface area (Å²) in [5, 5.41) is 0.600. The Balaban J connectivity index is 2.24. The quantitative estimate of drug-likeness (QED) is 0.733. The molecule has 0 aliphatic rings. The van der Waals surface area contributed by atoms with Crippen LogP contribution < -0.4 is 15.9 Å². The van der Waals surface area contributed by atoms with Crippen LogP contribution in [0.2, 0.25) is 0 Å². The molecule has 0 saturated heterocycles. The Hall–Kier alpha value is -2.75. The van der Waals surface area contributed by atoms with Crippen molar-refractivity contribution in [3.05, 3.63) is 57.7 Å². The van der Waals surface area contributed by atoms with E-state index in [1.54, 1.807) is 19.2 Å². The van der Waals surface area contributed by atoms with E-state index in [1.807, 2.05) is 32.0 Å². The predicted molar refractivity (Wildman–Crippen MR) is 88.4 cm³/mol. The number of ether oxygens (including phenoxy) is 1. The van der Waals surface area contributed by atoms with Crippen LogP contribution in [0.25, 0.3) is 22.3 Å². The molecule has 0 spiro atoms.